The monoisotopic (exact) mass is 393 g/mol. The van der Waals surface area contributed by atoms with E-state index in [-0.39, 0.29) is 11.1 Å². The molecule has 0 fully saturated rings. The van der Waals surface area contributed by atoms with E-state index >= 15 is 0 Å². The third-order valence-electron chi connectivity index (χ3n) is 3.97. The molecule has 3 aromatic rings. The van der Waals surface area contributed by atoms with E-state index in [9.17, 15) is 4.79 Å². The Morgan fingerprint density at radius 1 is 1.14 bits per heavy atom. The van der Waals surface area contributed by atoms with Gasteiger partial charge < -0.3 is 10.2 Å². The van der Waals surface area contributed by atoms with Crippen molar-refractivity contribution in [2.45, 2.75) is 13.3 Å². The number of rotatable bonds is 7. The third kappa shape index (κ3) is 4.96. The van der Waals surface area contributed by atoms with Crippen LogP contribution in [0.25, 0.3) is 11.1 Å². The zero-order chi connectivity index (χ0) is 19.8. The summed E-state index contributed by atoms with van der Waals surface area (Å²) in [5.41, 5.74) is 3.84. The zero-order valence-electron chi connectivity index (χ0n) is 15.4. The number of anilines is 1. The van der Waals surface area contributed by atoms with Crippen LogP contribution < -0.4 is 5.32 Å². The van der Waals surface area contributed by atoms with Crippen LogP contribution in [-0.4, -0.2) is 23.7 Å². The number of benzene rings is 2. The molecular weight excluding hydrogens is 374 g/mol. The Kier molecular flexibility index (Phi) is 6.76. The minimum Gasteiger partial charge on any atom is -0.396 e. The average molecular weight is 394 g/mol. The Bertz CT molecular complexity index is 972. The summed E-state index contributed by atoms with van der Waals surface area (Å²) in [6.45, 7) is 2.63. The number of nitrogens with one attached hydrogen (secondary N) is 1. The van der Waals surface area contributed by atoms with Crippen molar-refractivity contribution in [1.29, 1.82) is 0 Å². The van der Waals surface area contributed by atoms with Crippen molar-refractivity contribution in [2.24, 2.45) is 5.16 Å². The molecule has 0 saturated heterocycles. The molecule has 0 aliphatic rings. The van der Waals surface area contributed by atoms with Gasteiger partial charge in [0.05, 0.1) is 11.8 Å². The maximum Gasteiger partial charge on any atom is 0.258 e. The molecule has 5 nitrogen and oxygen atoms in total. The van der Waals surface area contributed by atoms with Crippen LogP contribution >= 0.6 is 11.6 Å². The minimum absolute atomic E-state index is 0.173. The predicted octanol–water partition coefficient (Wildman–Crippen LogP) is 5.41. The summed E-state index contributed by atoms with van der Waals surface area (Å²) in [7, 11) is 0. The maximum absolute atomic E-state index is 12.6. The Hall–Kier alpha value is -3.18. The van der Waals surface area contributed by atoms with Crippen molar-refractivity contribution in [2.75, 3.05) is 11.9 Å². The molecule has 0 radical (unpaired) electrons. The van der Waals surface area contributed by atoms with Crippen LogP contribution in [0, 0.1) is 0 Å². The molecule has 0 unspecified atom stereocenters. The Labute approximate surface area is 169 Å². The Morgan fingerprint density at radius 3 is 2.68 bits per heavy atom. The molecule has 0 aliphatic carbocycles. The molecule has 0 bridgehead atoms. The van der Waals surface area contributed by atoms with Gasteiger partial charge in [-0.1, -0.05) is 66.1 Å². The lowest BCUT2D eigenvalue weighted by molar-refractivity contribution is 0.102. The number of carbonyl (C=O) groups is 1. The third-order valence-corrected chi connectivity index (χ3v) is 4.27. The van der Waals surface area contributed by atoms with Crippen molar-refractivity contribution in [3.05, 3.63) is 83.1 Å². The number of hydrogen-bond donors (Lipinski definition) is 1. The van der Waals surface area contributed by atoms with E-state index < -0.39 is 0 Å². The Morgan fingerprint density at radius 2 is 1.93 bits per heavy atom. The summed E-state index contributed by atoms with van der Waals surface area (Å²) < 4.78 is 0. The van der Waals surface area contributed by atoms with Gasteiger partial charge in [0.15, 0.2) is 0 Å². The molecule has 0 spiro atoms. The lowest BCUT2D eigenvalue weighted by atomic mass is 10.0. The first kappa shape index (κ1) is 19.6. The Balaban J connectivity index is 1.79. The molecule has 1 aromatic heterocycles. The highest BCUT2D eigenvalue weighted by Gasteiger charge is 2.13. The summed E-state index contributed by atoms with van der Waals surface area (Å²) >= 11 is 6.03. The second kappa shape index (κ2) is 9.67. The standard InChI is InChI=1S/C22H20ClN3O2/c1-2-14-28-25-15-16-9-11-17(12-10-16)18-6-3-4-8-20(18)26-22(27)19-7-5-13-24-21(19)23/h3-13,15H,2,14H2,1H3,(H,26,27)/b25-15+. The van der Waals surface area contributed by atoms with Gasteiger partial charge in [0, 0.05) is 17.4 Å². The van der Waals surface area contributed by atoms with Gasteiger partial charge in [-0.3, -0.25) is 4.79 Å². The molecule has 1 amide bonds. The minimum atomic E-state index is -0.303. The van der Waals surface area contributed by atoms with E-state index in [4.69, 9.17) is 16.4 Å². The van der Waals surface area contributed by atoms with E-state index in [2.05, 4.69) is 15.5 Å². The number of halogens is 1. The normalized spacial score (nSPS) is 10.8. The molecule has 0 aliphatic heterocycles. The van der Waals surface area contributed by atoms with Crippen molar-refractivity contribution < 1.29 is 9.63 Å². The van der Waals surface area contributed by atoms with Gasteiger partial charge in [-0.05, 0) is 35.7 Å². The van der Waals surface area contributed by atoms with Gasteiger partial charge in [0.25, 0.3) is 5.91 Å². The summed E-state index contributed by atoms with van der Waals surface area (Å²) in [5, 5.41) is 7.02. The summed E-state index contributed by atoms with van der Waals surface area (Å²) in [5.74, 6) is -0.303. The highest BCUT2D eigenvalue weighted by Crippen LogP contribution is 2.28. The second-order valence-electron chi connectivity index (χ2n) is 6.03. The highest BCUT2D eigenvalue weighted by atomic mass is 35.5. The summed E-state index contributed by atoms with van der Waals surface area (Å²) in [6.07, 6.45) is 4.14. The van der Waals surface area contributed by atoms with E-state index in [0.717, 1.165) is 23.1 Å². The van der Waals surface area contributed by atoms with Gasteiger partial charge in [-0.25, -0.2) is 4.98 Å². The molecule has 3 rings (SSSR count). The topological polar surface area (TPSA) is 63.6 Å². The number of carbonyl (C=O) groups excluding carboxylic acids is 1. The van der Waals surface area contributed by atoms with Crippen molar-refractivity contribution in [3.63, 3.8) is 0 Å². The smallest absolute Gasteiger partial charge is 0.258 e. The van der Waals surface area contributed by atoms with Crippen LogP contribution in [0.15, 0.2) is 72.0 Å². The number of amides is 1. The molecule has 0 atom stereocenters. The highest BCUT2D eigenvalue weighted by molar-refractivity contribution is 6.33. The van der Waals surface area contributed by atoms with Crippen molar-refractivity contribution in [1.82, 2.24) is 4.98 Å². The van der Waals surface area contributed by atoms with E-state index in [1.807, 2.05) is 55.5 Å². The first-order valence-electron chi connectivity index (χ1n) is 8.95. The number of hydrogen-bond acceptors (Lipinski definition) is 4. The fourth-order valence-electron chi connectivity index (χ4n) is 2.58. The van der Waals surface area contributed by atoms with E-state index in [1.54, 1.807) is 24.5 Å². The van der Waals surface area contributed by atoms with Crippen molar-refractivity contribution >= 4 is 29.4 Å². The fourth-order valence-corrected chi connectivity index (χ4v) is 2.78. The van der Waals surface area contributed by atoms with Gasteiger partial charge in [0.2, 0.25) is 0 Å². The number of pyridine rings is 1. The second-order valence-corrected chi connectivity index (χ2v) is 6.39. The molecule has 0 saturated carbocycles. The molecule has 2 aromatic carbocycles. The number of para-hydroxylation sites is 1. The van der Waals surface area contributed by atoms with Gasteiger partial charge in [0.1, 0.15) is 11.8 Å². The first-order valence-corrected chi connectivity index (χ1v) is 9.33. The fraction of sp³-hybridized carbons (Fsp3) is 0.136. The lowest BCUT2D eigenvalue weighted by Gasteiger charge is -2.12. The molecule has 142 valence electrons. The summed E-state index contributed by atoms with van der Waals surface area (Å²) in [6, 6.07) is 18.8. The van der Waals surface area contributed by atoms with Crippen LogP contribution in [-0.2, 0) is 4.84 Å². The SMILES string of the molecule is CCCO/N=C/c1ccc(-c2ccccc2NC(=O)c2cccnc2Cl)cc1. The van der Waals surface area contributed by atoms with Gasteiger partial charge in [-0.2, -0.15) is 0 Å². The van der Waals surface area contributed by atoms with E-state index in [1.165, 1.54) is 0 Å². The summed E-state index contributed by atoms with van der Waals surface area (Å²) in [4.78, 5) is 21.6. The van der Waals surface area contributed by atoms with Crippen LogP contribution in [0.3, 0.4) is 0 Å². The zero-order valence-corrected chi connectivity index (χ0v) is 16.2. The molecular formula is C22H20ClN3O2. The van der Waals surface area contributed by atoms with Crippen LogP contribution in [0.1, 0.15) is 29.3 Å². The number of oxime groups is 1. The largest absolute Gasteiger partial charge is 0.396 e. The quantitative estimate of drug-likeness (QED) is 0.252. The average Bonchev–Trinajstić information content (AvgIpc) is 2.72. The van der Waals surface area contributed by atoms with Crippen LogP contribution in [0.2, 0.25) is 5.15 Å². The van der Waals surface area contributed by atoms with Crippen molar-refractivity contribution in [3.8, 4) is 11.1 Å². The molecule has 28 heavy (non-hydrogen) atoms. The first-order chi connectivity index (χ1) is 13.7. The molecule has 6 heteroatoms. The van der Waals surface area contributed by atoms with Gasteiger partial charge >= 0.3 is 0 Å². The van der Waals surface area contributed by atoms with Gasteiger partial charge in [-0.15, -0.1) is 0 Å². The van der Waals surface area contributed by atoms with E-state index in [0.29, 0.717) is 17.9 Å². The van der Waals surface area contributed by atoms with Crippen LogP contribution in [0.4, 0.5) is 5.69 Å². The number of aromatic nitrogens is 1. The molecule has 1 heterocycles. The van der Waals surface area contributed by atoms with Crippen LogP contribution in [0.5, 0.6) is 0 Å². The number of nitrogens with zero attached hydrogens (tertiary/aromatic N) is 2. The lowest BCUT2D eigenvalue weighted by Crippen LogP contribution is -2.13. The maximum atomic E-state index is 12.6. The molecule has 1 N–H and O–H groups in total. The predicted molar refractivity (Wildman–Crippen MR) is 113 cm³/mol.